The number of hydrogen-bond donors (Lipinski definition) is 3. The lowest BCUT2D eigenvalue weighted by atomic mass is 10.0. The van der Waals surface area contributed by atoms with E-state index in [1.807, 2.05) is 14.1 Å². The van der Waals surface area contributed by atoms with Gasteiger partial charge in [-0.15, -0.1) is 0 Å². The molecule has 138 valence electrons. The number of anilines is 2. The molecular weight excluding hydrogens is 316 g/mol. The highest BCUT2D eigenvalue weighted by molar-refractivity contribution is 5.74. The van der Waals surface area contributed by atoms with E-state index in [1.54, 1.807) is 0 Å². The molecule has 0 aromatic heterocycles. The van der Waals surface area contributed by atoms with Crippen molar-refractivity contribution in [2.45, 2.75) is 31.7 Å². The van der Waals surface area contributed by atoms with E-state index in [0.717, 1.165) is 38.8 Å². The first-order valence-corrected chi connectivity index (χ1v) is 9.19. The zero-order chi connectivity index (χ0) is 17.9. The van der Waals surface area contributed by atoms with Crippen LogP contribution >= 0.6 is 0 Å². The predicted octanol–water partition coefficient (Wildman–Crippen LogP) is 1.79. The molecule has 6 heteroatoms. The van der Waals surface area contributed by atoms with Gasteiger partial charge in [0.25, 0.3) is 0 Å². The van der Waals surface area contributed by atoms with E-state index in [2.05, 4.69) is 44.7 Å². The fourth-order valence-corrected chi connectivity index (χ4v) is 3.32. The number of aliphatic hydroxyl groups excluding tert-OH is 1. The number of carbonyl (C=O) groups excluding carboxylic acids is 1. The highest BCUT2D eigenvalue weighted by Crippen LogP contribution is 2.44. The average molecular weight is 346 g/mol. The number of carbonyl (C=O) groups is 1. The third-order valence-corrected chi connectivity index (χ3v) is 5.48. The number of rotatable bonds is 6. The monoisotopic (exact) mass is 346 g/mol. The SMILES string of the molecule is CN(C)c1ccc(N2CCC(NC(=O)NCC3(CO)CC3)CC2)cc1. The molecule has 2 aliphatic rings. The molecule has 1 aliphatic carbocycles. The van der Waals surface area contributed by atoms with E-state index in [0.29, 0.717) is 6.54 Å². The Labute approximate surface area is 150 Å². The van der Waals surface area contributed by atoms with Crippen LogP contribution in [0.2, 0.25) is 0 Å². The van der Waals surface area contributed by atoms with Crippen LogP contribution in [0.15, 0.2) is 24.3 Å². The third-order valence-electron chi connectivity index (χ3n) is 5.48. The van der Waals surface area contributed by atoms with Gasteiger partial charge in [0, 0.05) is 56.6 Å². The molecule has 1 aromatic carbocycles. The van der Waals surface area contributed by atoms with Crippen molar-refractivity contribution >= 4 is 17.4 Å². The molecule has 0 bridgehead atoms. The number of nitrogens with zero attached hydrogens (tertiary/aromatic N) is 2. The fourth-order valence-electron chi connectivity index (χ4n) is 3.32. The van der Waals surface area contributed by atoms with Crippen molar-refractivity contribution in [3.05, 3.63) is 24.3 Å². The molecular formula is C19H30N4O2. The number of nitrogens with one attached hydrogen (secondary N) is 2. The lowest BCUT2D eigenvalue weighted by molar-refractivity contribution is 0.201. The van der Waals surface area contributed by atoms with Gasteiger partial charge in [0.1, 0.15) is 0 Å². The molecule has 1 heterocycles. The van der Waals surface area contributed by atoms with Gasteiger partial charge in [-0.25, -0.2) is 4.79 Å². The summed E-state index contributed by atoms with van der Waals surface area (Å²) in [4.78, 5) is 16.5. The van der Waals surface area contributed by atoms with Crippen LogP contribution in [0.4, 0.5) is 16.2 Å². The van der Waals surface area contributed by atoms with Crippen molar-refractivity contribution in [1.82, 2.24) is 10.6 Å². The lowest BCUT2D eigenvalue weighted by Gasteiger charge is -2.34. The summed E-state index contributed by atoms with van der Waals surface area (Å²) >= 11 is 0. The number of benzene rings is 1. The Balaban J connectivity index is 1.41. The minimum absolute atomic E-state index is 0.0422. The molecule has 2 amide bonds. The topological polar surface area (TPSA) is 67.8 Å². The Morgan fingerprint density at radius 3 is 2.40 bits per heavy atom. The summed E-state index contributed by atoms with van der Waals surface area (Å²) in [6.45, 7) is 2.64. The number of amides is 2. The van der Waals surface area contributed by atoms with E-state index in [9.17, 15) is 9.90 Å². The summed E-state index contributed by atoms with van der Waals surface area (Å²) in [6.07, 6.45) is 3.92. The van der Waals surface area contributed by atoms with Crippen molar-refractivity contribution in [2.24, 2.45) is 5.41 Å². The van der Waals surface area contributed by atoms with Crippen molar-refractivity contribution in [1.29, 1.82) is 0 Å². The Hall–Kier alpha value is -1.95. The average Bonchev–Trinajstić information content (AvgIpc) is 3.41. The van der Waals surface area contributed by atoms with Gasteiger partial charge in [-0.3, -0.25) is 0 Å². The molecule has 1 saturated heterocycles. The van der Waals surface area contributed by atoms with Gasteiger partial charge in [0.05, 0.1) is 6.61 Å². The molecule has 0 radical (unpaired) electrons. The molecule has 1 aromatic rings. The zero-order valence-corrected chi connectivity index (χ0v) is 15.3. The second-order valence-electron chi connectivity index (χ2n) is 7.66. The molecule has 2 fully saturated rings. The van der Waals surface area contributed by atoms with Gasteiger partial charge in [-0.2, -0.15) is 0 Å². The first-order chi connectivity index (χ1) is 12.0. The first-order valence-electron chi connectivity index (χ1n) is 9.19. The quantitative estimate of drug-likeness (QED) is 0.735. The molecule has 6 nitrogen and oxygen atoms in total. The van der Waals surface area contributed by atoms with Crippen molar-refractivity contribution in [3.63, 3.8) is 0 Å². The normalized spacial score (nSPS) is 19.4. The van der Waals surface area contributed by atoms with Gasteiger partial charge in [-0.1, -0.05) is 0 Å². The smallest absolute Gasteiger partial charge is 0.315 e. The van der Waals surface area contributed by atoms with E-state index >= 15 is 0 Å². The summed E-state index contributed by atoms with van der Waals surface area (Å²) < 4.78 is 0. The highest BCUT2D eigenvalue weighted by Gasteiger charge is 2.42. The molecule has 0 spiro atoms. The van der Waals surface area contributed by atoms with Crippen molar-refractivity contribution in [3.8, 4) is 0 Å². The molecule has 3 N–H and O–H groups in total. The molecule has 1 saturated carbocycles. The summed E-state index contributed by atoms with van der Waals surface area (Å²) in [7, 11) is 4.09. The van der Waals surface area contributed by atoms with Gasteiger partial charge in [0.2, 0.25) is 0 Å². The number of hydrogen-bond acceptors (Lipinski definition) is 4. The lowest BCUT2D eigenvalue weighted by Crippen LogP contribution is -2.49. The second-order valence-corrected chi connectivity index (χ2v) is 7.66. The van der Waals surface area contributed by atoms with E-state index in [1.165, 1.54) is 11.4 Å². The molecule has 25 heavy (non-hydrogen) atoms. The van der Waals surface area contributed by atoms with Crippen LogP contribution in [0.1, 0.15) is 25.7 Å². The van der Waals surface area contributed by atoms with Gasteiger partial charge >= 0.3 is 6.03 Å². The van der Waals surface area contributed by atoms with E-state index in [4.69, 9.17) is 0 Å². The Kier molecular flexibility index (Phi) is 5.37. The Morgan fingerprint density at radius 1 is 1.24 bits per heavy atom. The number of urea groups is 1. The maximum absolute atomic E-state index is 12.0. The van der Waals surface area contributed by atoms with Gasteiger partial charge in [0.15, 0.2) is 0 Å². The van der Waals surface area contributed by atoms with Gasteiger partial charge in [-0.05, 0) is 49.9 Å². The Bertz CT molecular complexity index is 576. The second kappa shape index (κ2) is 7.52. The van der Waals surface area contributed by atoms with E-state index < -0.39 is 0 Å². The number of piperidine rings is 1. The Morgan fingerprint density at radius 2 is 1.88 bits per heavy atom. The summed E-state index contributed by atoms with van der Waals surface area (Å²) in [6, 6.07) is 8.74. The molecule has 0 atom stereocenters. The minimum Gasteiger partial charge on any atom is -0.396 e. The van der Waals surface area contributed by atoms with Crippen LogP contribution < -0.4 is 20.4 Å². The van der Waals surface area contributed by atoms with Gasteiger partial charge < -0.3 is 25.5 Å². The van der Waals surface area contributed by atoms with Crippen molar-refractivity contribution in [2.75, 3.05) is 50.1 Å². The van der Waals surface area contributed by atoms with Crippen LogP contribution in [0.3, 0.4) is 0 Å². The summed E-state index contributed by atoms with van der Waals surface area (Å²) in [5, 5.41) is 15.3. The maximum atomic E-state index is 12.0. The van der Waals surface area contributed by atoms with Crippen molar-refractivity contribution < 1.29 is 9.90 Å². The highest BCUT2D eigenvalue weighted by atomic mass is 16.3. The van der Waals surface area contributed by atoms with Crippen LogP contribution in [0.5, 0.6) is 0 Å². The first kappa shape index (κ1) is 17.9. The maximum Gasteiger partial charge on any atom is 0.315 e. The largest absolute Gasteiger partial charge is 0.396 e. The number of aliphatic hydroxyl groups is 1. The van der Waals surface area contributed by atoms with E-state index in [-0.39, 0.29) is 24.1 Å². The van der Waals surface area contributed by atoms with Crippen LogP contribution in [0, 0.1) is 5.41 Å². The summed E-state index contributed by atoms with van der Waals surface area (Å²) in [5.41, 5.74) is 2.40. The van der Waals surface area contributed by atoms with Crippen LogP contribution in [-0.4, -0.2) is 57.5 Å². The minimum atomic E-state index is -0.103. The summed E-state index contributed by atoms with van der Waals surface area (Å²) in [5.74, 6) is 0. The predicted molar refractivity (Wildman–Crippen MR) is 101 cm³/mol. The fraction of sp³-hybridized carbons (Fsp3) is 0.632. The molecule has 0 unspecified atom stereocenters. The standard InChI is InChI=1S/C19H30N4O2/c1-22(2)16-3-5-17(6-4-16)23-11-7-15(8-12-23)21-18(25)20-13-19(14-24)9-10-19/h3-6,15,24H,7-14H2,1-2H3,(H2,20,21,25). The molecule has 3 rings (SSSR count). The third kappa shape index (κ3) is 4.57. The zero-order valence-electron chi connectivity index (χ0n) is 15.3. The molecule has 1 aliphatic heterocycles. The van der Waals surface area contributed by atoms with Crippen LogP contribution in [-0.2, 0) is 0 Å². The van der Waals surface area contributed by atoms with Crippen LogP contribution in [0.25, 0.3) is 0 Å².